The highest BCUT2D eigenvalue weighted by atomic mass is 32.2. The first-order valence-electron chi connectivity index (χ1n) is 9.36. The fraction of sp³-hybridized carbons (Fsp3) is 0.286. The number of amides is 2. The molecule has 0 saturated heterocycles. The van der Waals surface area contributed by atoms with Crippen LogP contribution >= 0.6 is 11.8 Å². The minimum atomic E-state index is -0.435. The van der Waals surface area contributed by atoms with Crippen molar-refractivity contribution in [2.45, 2.75) is 37.8 Å². The summed E-state index contributed by atoms with van der Waals surface area (Å²) in [6.07, 6.45) is 0.104. The van der Waals surface area contributed by atoms with Gasteiger partial charge in [0.05, 0.1) is 5.69 Å². The van der Waals surface area contributed by atoms with Gasteiger partial charge in [-0.1, -0.05) is 50.7 Å². The predicted molar refractivity (Wildman–Crippen MR) is 112 cm³/mol. The van der Waals surface area contributed by atoms with Crippen LogP contribution in [0.1, 0.15) is 43.1 Å². The molecule has 1 aromatic heterocycles. The van der Waals surface area contributed by atoms with E-state index in [0.29, 0.717) is 22.2 Å². The number of aromatic nitrogens is 4. The Labute approximate surface area is 178 Å². The van der Waals surface area contributed by atoms with E-state index in [4.69, 9.17) is 0 Å². The second-order valence-corrected chi connectivity index (χ2v) is 8.72. The highest BCUT2D eigenvalue weighted by Gasteiger charge is 2.16. The third-order valence-corrected chi connectivity index (χ3v) is 5.24. The molecule has 0 aliphatic rings. The van der Waals surface area contributed by atoms with Crippen LogP contribution in [0.3, 0.4) is 0 Å². The van der Waals surface area contributed by atoms with Gasteiger partial charge in [0.2, 0.25) is 11.1 Å². The van der Waals surface area contributed by atoms with E-state index < -0.39 is 17.6 Å². The molecule has 0 radical (unpaired) electrons. The Morgan fingerprint density at radius 3 is 2.53 bits per heavy atom. The summed E-state index contributed by atoms with van der Waals surface area (Å²) in [4.78, 5) is 24.4. The van der Waals surface area contributed by atoms with Crippen LogP contribution in [0.5, 0.6) is 0 Å². The number of nitrogens with one attached hydrogen (secondary N) is 1. The molecule has 156 valence electrons. The van der Waals surface area contributed by atoms with Crippen LogP contribution in [0.4, 0.5) is 4.39 Å². The SMILES string of the molecule is CC(C)(C)c1ccc(C(=O)NC(=O)CCSc2nnnn2-c2cccc(F)c2)cc1. The number of carbonyl (C=O) groups is 2. The van der Waals surface area contributed by atoms with Crippen molar-refractivity contribution in [3.05, 3.63) is 65.5 Å². The first-order chi connectivity index (χ1) is 14.2. The molecule has 0 spiro atoms. The van der Waals surface area contributed by atoms with Gasteiger partial charge in [0, 0.05) is 17.7 Å². The smallest absolute Gasteiger partial charge is 0.257 e. The van der Waals surface area contributed by atoms with Crippen LogP contribution < -0.4 is 5.32 Å². The minimum absolute atomic E-state index is 0.0109. The van der Waals surface area contributed by atoms with Crippen LogP contribution in [-0.2, 0) is 10.2 Å². The molecule has 3 aromatic rings. The summed E-state index contributed by atoms with van der Waals surface area (Å²) >= 11 is 1.24. The van der Waals surface area contributed by atoms with E-state index in [2.05, 4.69) is 41.6 Å². The molecule has 0 bridgehead atoms. The molecule has 0 aliphatic carbocycles. The number of hydrogen-bond donors (Lipinski definition) is 1. The van der Waals surface area contributed by atoms with Crippen LogP contribution in [0, 0.1) is 5.82 Å². The molecular formula is C21H22FN5O2S. The number of benzene rings is 2. The largest absolute Gasteiger partial charge is 0.292 e. The molecule has 1 N–H and O–H groups in total. The zero-order valence-electron chi connectivity index (χ0n) is 16.9. The van der Waals surface area contributed by atoms with E-state index in [1.807, 2.05) is 12.1 Å². The number of halogens is 1. The van der Waals surface area contributed by atoms with Crippen LogP contribution in [0.15, 0.2) is 53.7 Å². The van der Waals surface area contributed by atoms with Gasteiger partial charge in [-0.15, -0.1) is 5.10 Å². The third-order valence-electron chi connectivity index (χ3n) is 4.32. The van der Waals surface area contributed by atoms with Gasteiger partial charge in [0.15, 0.2) is 0 Å². The van der Waals surface area contributed by atoms with Gasteiger partial charge in [-0.2, -0.15) is 4.68 Å². The number of imide groups is 1. The fourth-order valence-electron chi connectivity index (χ4n) is 2.66. The number of thioether (sulfide) groups is 1. The van der Waals surface area contributed by atoms with E-state index >= 15 is 0 Å². The number of rotatable bonds is 6. The molecule has 9 heteroatoms. The second kappa shape index (κ2) is 9.17. The molecule has 0 aliphatic heterocycles. The maximum Gasteiger partial charge on any atom is 0.257 e. The van der Waals surface area contributed by atoms with Gasteiger partial charge in [-0.25, -0.2) is 4.39 Å². The van der Waals surface area contributed by atoms with Crippen LogP contribution in [0.2, 0.25) is 0 Å². The van der Waals surface area contributed by atoms with Crippen molar-refractivity contribution in [2.24, 2.45) is 0 Å². The number of tetrazole rings is 1. The molecule has 2 amide bonds. The van der Waals surface area contributed by atoms with E-state index in [1.165, 1.54) is 28.6 Å². The Morgan fingerprint density at radius 2 is 1.87 bits per heavy atom. The fourth-order valence-corrected chi connectivity index (χ4v) is 3.49. The number of hydrogen-bond acceptors (Lipinski definition) is 6. The Balaban J connectivity index is 1.52. The molecular weight excluding hydrogens is 405 g/mol. The molecule has 0 fully saturated rings. The summed E-state index contributed by atoms with van der Waals surface area (Å²) in [6, 6.07) is 13.1. The maximum absolute atomic E-state index is 13.4. The summed E-state index contributed by atoms with van der Waals surface area (Å²) in [6.45, 7) is 6.27. The first-order valence-corrected chi connectivity index (χ1v) is 10.3. The summed E-state index contributed by atoms with van der Waals surface area (Å²) in [5.74, 6) is -0.864. The Kier molecular flexibility index (Phi) is 6.61. The Hall–Kier alpha value is -3.07. The molecule has 3 rings (SSSR count). The summed E-state index contributed by atoms with van der Waals surface area (Å²) in [7, 11) is 0. The van der Waals surface area contributed by atoms with Crippen molar-refractivity contribution in [1.82, 2.24) is 25.5 Å². The van der Waals surface area contributed by atoms with Crippen molar-refractivity contribution in [2.75, 3.05) is 5.75 Å². The normalized spacial score (nSPS) is 11.3. The molecule has 7 nitrogen and oxygen atoms in total. The van der Waals surface area contributed by atoms with E-state index in [0.717, 1.165) is 5.56 Å². The second-order valence-electron chi connectivity index (χ2n) is 7.66. The molecule has 0 unspecified atom stereocenters. The average molecular weight is 428 g/mol. The van der Waals surface area contributed by atoms with Gasteiger partial charge < -0.3 is 0 Å². The molecule has 0 saturated carbocycles. The van der Waals surface area contributed by atoms with E-state index in [9.17, 15) is 14.0 Å². The maximum atomic E-state index is 13.4. The van der Waals surface area contributed by atoms with Gasteiger partial charge >= 0.3 is 0 Å². The van der Waals surface area contributed by atoms with Crippen molar-refractivity contribution >= 4 is 23.6 Å². The zero-order valence-corrected chi connectivity index (χ0v) is 17.7. The minimum Gasteiger partial charge on any atom is -0.292 e. The standard InChI is InChI=1S/C21H22FN5O2S/c1-21(2,3)15-9-7-14(8-10-15)19(29)23-18(28)11-12-30-20-24-25-26-27(20)17-6-4-5-16(22)13-17/h4-10,13H,11-12H2,1-3H3,(H,23,28,29). The Bertz CT molecular complexity index is 1040. The highest BCUT2D eigenvalue weighted by Crippen LogP contribution is 2.22. The number of carbonyl (C=O) groups excluding carboxylic acids is 2. The lowest BCUT2D eigenvalue weighted by Crippen LogP contribution is -2.30. The Morgan fingerprint density at radius 1 is 1.13 bits per heavy atom. The average Bonchev–Trinajstić information content (AvgIpc) is 3.16. The van der Waals surface area contributed by atoms with Crippen molar-refractivity contribution < 1.29 is 14.0 Å². The lowest BCUT2D eigenvalue weighted by atomic mass is 9.87. The lowest BCUT2D eigenvalue weighted by Gasteiger charge is -2.19. The lowest BCUT2D eigenvalue weighted by molar-refractivity contribution is -0.119. The summed E-state index contributed by atoms with van der Waals surface area (Å²) in [5.41, 5.74) is 2.01. The van der Waals surface area contributed by atoms with E-state index in [-0.39, 0.29) is 11.8 Å². The van der Waals surface area contributed by atoms with Crippen molar-refractivity contribution in [3.8, 4) is 5.69 Å². The molecule has 2 aromatic carbocycles. The van der Waals surface area contributed by atoms with E-state index in [1.54, 1.807) is 24.3 Å². The molecule has 0 atom stereocenters. The summed E-state index contributed by atoms with van der Waals surface area (Å²) < 4.78 is 14.8. The summed E-state index contributed by atoms with van der Waals surface area (Å²) in [5, 5.41) is 14.2. The van der Waals surface area contributed by atoms with Crippen LogP contribution in [-0.4, -0.2) is 37.8 Å². The van der Waals surface area contributed by atoms with Gasteiger partial charge in [0.1, 0.15) is 5.82 Å². The topological polar surface area (TPSA) is 89.8 Å². The van der Waals surface area contributed by atoms with Gasteiger partial charge in [0.25, 0.3) is 5.91 Å². The third kappa shape index (κ3) is 5.50. The quantitative estimate of drug-likeness (QED) is 0.605. The zero-order chi connectivity index (χ0) is 21.7. The monoisotopic (exact) mass is 427 g/mol. The van der Waals surface area contributed by atoms with Crippen molar-refractivity contribution in [3.63, 3.8) is 0 Å². The first kappa shape index (κ1) is 21.6. The van der Waals surface area contributed by atoms with Gasteiger partial charge in [-0.3, -0.25) is 14.9 Å². The highest BCUT2D eigenvalue weighted by molar-refractivity contribution is 7.99. The van der Waals surface area contributed by atoms with Gasteiger partial charge in [-0.05, 0) is 51.7 Å². The molecule has 1 heterocycles. The number of nitrogens with zero attached hydrogens (tertiary/aromatic N) is 4. The van der Waals surface area contributed by atoms with Crippen LogP contribution in [0.25, 0.3) is 5.69 Å². The predicted octanol–water partition coefficient (Wildman–Crippen LogP) is 3.54. The van der Waals surface area contributed by atoms with Crippen molar-refractivity contribution in [1.29, 1.82) is 0 Å². The molecule has 30 heavy (non-hydrogen) atoms.